The van der Waals surface area contributed by atoms with Crippen molar-refractivity contribution in [3.05, 3.63) is 71.8 Å². The van der Waals surface area contributed by atoms with Gasteiger partial charge in [-0.25, -0.2) is 4.79 Å². The van der Waals surface area contributed by atoms with Crippen molar-refractivity contribution in [2.75, 3.05) is 7.05 Å². The minimum atomic E-state index is -0.392. The van der Waals surface area contributed by atoms with Crippen molar-refractivity contribution in [1.29, 1.82) is 0 Å². The van der Waals surface area contributed by atoms with Crippen LogP contribution in [-0.2, 0) is 11.2 Å². The average molecular weight is 415 g/mol. The summed E-state index contributed by atoms with van der Waals surface area (Å²) in [6, 6.07) is 19.3. The molecule has 1 fully saturated rings. The number of benzene rings is 2. The van der Waals surface area contributed by atoms with E-state index in [1.807, 2.05) is 67.6 Å². The maximum Gasteiger partial charge on any atom is 0.327 e. The third kappa shape index (κ3) is 3.68. The van der Waals surface area contributed by atoms with E-state index in [9.17, 15) is 9.59 Å². The molecule has 2 aromatic rings. The van der Waals surface area contributed by atoms with E-state index in [4.69, 9.17) is 0 Å². The first-order chi connectivity index (χ1) is 12.5. The summed E-state index contributed by atoms with van der Waals surface area (Å²) in [6.07, 6.45) is 1.43. The van der Waals surface area contributed by atoms with Gasteiger partial charge < -0.3 is 4.90 Å². The third-order valence-corrected chi connectivity index (χ3v) is 5.88. The van der Waals surface area contributed by atoms with Crippen LogP contribution in [0.25, 0.3) is 0 Å². The Labute approximate surface area is 162 Å². The first kappa shape index (κ1) is 18.6. The molecule has 26 heavy (non-hydrogen) atoms. The lowest BCUT2D eigenvalue weighted by Gasteiger charge is -2.26. The number of hydrogen-bond donors (Lipinski definition) is 0. The van der Waals surface area contributed by atoms with Crippen LogP contribution in [0.3, 0.4) is 0 Å². The van der Waals surface area contributed by atoms with Crippen LogP contribution in [0.2, 0.25) is 0 Å². The van der Waals surface area contributed by atoms with Gasteiger partial charge in [0.05, 0.1) is 16.9 Å². The number of hydrogen-bond acceptors (Lipinski definition) is 2. The van der Waals surface area contributed by atoms with Crippen LogP contribution < -0.4 is 0 Å². The molecule has 1 saturated heterocycles. The number of nitrogens with zero attached hydrogens (tertiary/aromatic N) is 2. The molecule has 0 bridgehead atoms. The van der Waals surface area contributed by atoms with Gasteiger partial charge in [0.2, 0.25) is 5.91 Å². The maximum absolute atomic E-state index is 13.1. The van der Waals surface area contributed by atoms with Crippen molar-refractivity contribution in [1.82, 2.24) is 9.80 Å². The summed E-state index contributed by atoms with van der Waals surface area (Å²) in [7, 11) is 1.75. The Morgan fingerprint density at radius 1 is 1.08 bits per heavy atom. The molecule has 3 rings (SSSR count). The number of imide groups is 1. The SMILES string of the molecule is C[C@H]1[C@@H](c2ccccc2)N(C(=O)[C@H](Br)CCc2ccccc2)C(=O)N1C. The molecule has 2 aromatic carbocycles. The standard InChI is InChI=1S/C21H23BrN2O2/c1-15-19(17-11-7-4-8-12-17)24(21(26)23(15)2)20(25)18(22)14-13-16-9-5-3-6-10-16/h3-12,15,18-19H,13-14H2,1-2H3/t15-,18+,19-/m0/s1. The number of alkyl halides is 1. The van der Waals surface area contributed by atoms with Crippen molar-refractivity contribution in [3.63, 3.8) is 0 Å². The number of urea groups is 1. The lowest BCUT2D eigenvalue weighted by Crippen LogP contribution is -2.40. The number of likely N-dealkylation sites (N-methyl/N-ethyl adjacent to an activating group) is 1. The Kier molecular flexibility index (Phi) is 5.77. The van der Waals surface area contributed by atoms with Gasteiger partial charge >= 0.3 is 6.03 Å². The molecule has 1 aliphatic rings. The zero-order valence-electron chi connectivity index (χ0n) is 15.0. The fourth-order valence-electron chi connectivity index (χ4n) is 3.41. The zero-order valence-corrected chi connectivity index (χ0v) is 16.6. The zero-order chi connectivity index (χ0) is 18.7. The van der Waals surface area contributed by atoms with E-state index >= 15 is 0 Å². The Balaban J connectivity index is 1.78. The molecule has 0 spiro atoms. The van der Waals surface area contributed by atoms with Crippen LogP contribution in [0.1, 0.15) is 30.5 Å². The molecule has 3 amide bonds. The quantitative estimate of drug-likeness (QED) is 0.679. The highest BCUT2D eigenvalue weighted by atomic mass is 79.9. The Morgan fingerprint density at radius 2 is 1.65 bits per heavy atom. The molecule has 0 unspecified atom stereocenters. The van der Waals surface area contributed by atoms with Crippen molar-refractivity contribution < 1.29 is 9.59 Å². The highest BCUT2D eigenvalue weighted by Crippen LogP contribution is 2.35. The molecule has 1 heterocycles. The number of amides is 3. The largest absolute Gasteiger partial charge is 0.327 e. The highest BCUT2D eigenvalue weighted by Gasteiger charge is 2.46. The van der Waals surface area contributed by atoms with Crippen LogP contribution in [0, 0.1) is 0 Å². The summed E-state index contributed by atoms with van der Waals surface area (Å²) >= 11 is 3.52. The minimum Gasteiger partial charge on any atom is -0.322 e. The van der Waals surface area contributed by atoms with Crippen molar-refractivity contribution >= 4 is 27.9 Å². The van der Waals surface area contributed by atoms with E-state index in [1.54, 1.807) is 11.9 Å². The minimum absolute atomic E-state index is 0.0670. The van der Waals surface area contributed by atoms with Crippen LogP contribution in [0.4, 0.5) is 4.79 Å². The molecule has 0 aromatic heterocycles. The van der Waals surface area contributed by atoms with E-state index in [1.165, 1.54) is 10.5 Å². The normalized spacial score (nSPS) is 21.1. The Bertz CT molecular complexity index is 766. The van der Waals surface area contributed by atoms with Gasteiger partial charge in [-0.1, -0.05) is 76.6 Å². The van der Waals surface area contributed by atoms with Gasteiger partial charge in [-0.05, 0) is 30.9 Å². The summed E-state index contributed by atoms with van der Waals surface area (Å²) in [6.45, 7) is 1.98. The highest BCUT2D eigenvalue weighted by molar-refractivity contribution is 9.10. The Hall–Kier alpha value is -2.14. The number of carbonyl (C=O) groups is 2. The molecule has 4 nitrogen and oxygen atoms in total. The van der Waals surface area contributed by atoms with Crippen LogP contribution in [0.5, 0.6) is 0 Å². The van der Waals surface area contributed by atoms with Gasteiger partial charge in [-0.3, -0.25) is 9.69 Å². The monoisotopic (exact) mass is 414 g/mol. The summed E-state index contributed by atoms with van der Waals surface area (Å²) in [5.41, 5.74) is 2.16. The first-order valence-electron chi connectivity index (χ1n) is 8.83. The molecule has 136 valence electrons. The van der Waals surface area contributed by atoms with Gasteiger partial charge in [0.1, 0.15) is 0 Å². The van der Waals surface area contributed by atoms with Gasteiger partial charge in [-0.2, -0.15) is 0 Å². The second-order valence-corrected chi connectivity index (χ2v) is 7.79. The van der Waals surface area contributed by atoms with Crippen LogP contribution >= 0.6 is 15.9 Å². The lowest BCUT2D eigenvalue weighted by atomic mass is 9.99. The van der Waals surface area contributed by atoms with Crippen LogP contribution in [0.15, 0.2) is 60.7 Å². The van der Waals surface area contributed by atoms with E-state index in [-0.39, 0.29) is 24.0 Å². The van der Waals surface area contributed by atoms with E-state index < -0.39 is 4.83 Å². The number of aryl methyl sites for hydroxylation is 1. The second kappa shape index (κ2) is 8.04. The molecule has 5 heteroatoms. The van der Waals surface area contributed by atoms with Crippen molar-refractivity contribution in [3.8, 4) is 0 Å². The summed E-state index contributed by atoms with van der Waals surface area (Å²) in [4.78, 5) is 28.5. The molecular formula is C21H23BrN2O2. The Morgan fingerprint density at radius 3 is 2.27 bits per heavy atom. The average Bonchev–Trinajstić information content (AvgIpc) is 2.91. The van der Waals surface area contributed by atoms with Gasteiger partial charge in [0, 0.05) is 7.05 Å². The molecule has 3 atom stereocenters. The smallest absolute Gasteiger partial charge is 0.322 e. The molecular weight excluding hydrogens is 392 g/mol. The number of halogens is 1. The molecule has 0 N–H and O–H groups in total. The third-order valence-electron chi connectivity index (χ3n) is 5.03. The van der Waals surface area contributed by atoms with Crippen molar-refractivity contribution in [2.45, 2.75) is 36.7 Å². The number of rotatable bonds is 5. The summed E-state index contributed by atoms with van der Waals surface area (Å²) in [5.74, 6) is -0.170. The molecule has 0 radical (unpaired) electrons. The van der Waals surface area contributed by atoms with Gasteiger partial charge in [0.25, 0.3) is 0 Å². The second-order valence-electron chi connectivity index (χ2n) is 6.69. The summed E-state index contributed by atoms with van der Waals surface area (Å²) < 4.78 is 0. The maximum atomic E-state index is 13.1. The molecule has 1 aliphatic heterocycles. The molecule has 0 saturated carbocycles. The van der Waals surface area contributed by atoms with E-state index in [0.29, 0.717) is 6.42 Å². The summed E-state index contributed by atoms with van der Waals surface area (Å²) in [5, 5.41) is 0. The van der Waals surface area contributed by atoms with Gasteiger partial charge in [0.15, 0.2) is 0 Å². The fraction of sp³-hybridized carbons (Fsp3) is 0.333. The predicted octanol–water partition coefficient (Wildman–Crippen LogP) is 4.41. The predicted molar refractivity (Wildman–Crippen MR) is 106 cm³/mol. The number of carbonyl (C=O) groups excluding carboxylic acids is 2. The topological polar surface area (TPSA) is 40.6 Å². The van der Waals surface area contributed by atoms with Crippen molar-refractivity contribution in [2.24, 2.45) is 0 Å². The van der Waals surface area contributed by atoms with E-state index in [0.717, 1.165) is 12.0 Å². The van der Waals surface area contributed by atoms with Crippen LogP contribution in [-0.4, -0.2) is 39.7 Å². The fourth-order valence-corrected chi connectivity index (χ4v) is 3.86. The van der Waals surface area contributed by atoms with E-state index in [2.05, 4.69) is 15.9 Å². The first-order valence-corrected chi connectivity index (χ1v) is 9.75. The van der Waals surface area contributed by atoms with Gasteiger partial charge in [-0.15, -0.1) is 0 Å². The lowest BCUT2D eigenvalue weighted by molar-refractivity contribution is -0.128. The molecule has 0 aliphatic carbocycles.